The predicted molar refractivity (Wildman–Crippen MR) is 61.2 cm³/mol. The predicted octanol–water partition coefficient (Wildman–Crippen LogP) is 0.305. The van der Waals surface area contributed by atoms with Crippen LogP contribution in [0.4, 0.5) is 0 Å². The van der Waals surface area contributed by atoms with E-state index in [0.717, 1.165) is 31.1 Å². The number of aromatic nitrogens is 3. The summed E-state index contributed by atoms with van der Waals surface area (Å²) in [5.74, 6) is 0.904. The number of nitrogens with zero attached hydrogens (tertiary/aromatic N) is 4. The molecule has 1 saturated heterocycles. The van der Waals surface area contributed by atoms with E-state index in [1.807, 2.05) is 28.9 Å². The molecule has 1 N–H and O–H groups in total. The molecule has 0 amide bonds. The van der Waals surface area contributed by atoms with Crippen LogP contribution < -0.4 is 5.32 Å². The van der Waals surface area contributed by atoms with Crippen molar-refractivity contribution in [1.82, 2.24) is 24.8 Å². The maximum Gasteiger partial charge on any atom is 0.170 e. The molecule has 5 heteroatoms. The standard InChI is InChI=1S/C11H15N5/c1-15-7-5-12-8-9(15)11-13-10-4-2-3-6-16(10)14-11/h2-4,6,9,12H,5,7-8H2,1H3. The van der Waals surface area contributed by atoms with Crippen molar-refractivity contribution in [3.8, 4) is 0 Å². The molecule has 1 fully saturated rings. The van der Waals surface area contributed by atoms with E-state index in [1.165, 1.54) is 0 Å². The molecule has 0 spiro atoms. The molecular weight excluding hydrogens is 202 g/mol. The fourth-order valence-corrected chi connectivity index (χ4v) is 2.08. The lowest BCUT2D eigenvalue weighted by Crippen LogP contribution is -2.44. The zero-order valence-electron chi connectivity index (χ0n) is 9.30. The Hall–Kier alpha value is -1.46. The second kappa shape index (κ2) is 3.84. The molecule has 84 valence electrons. The molecule has 1 unspecified atom stereocenters. The van der Waals surface area contributed by atoms with Crippen LogP contribution in [0.1, 0.15) is 11.9 Å². The van der Waals surface area contributed by atoms with Gasteiger partial charge in [0.05, 0.1) is 6.04 Å². The molecule has 5 nitrogen and oxygen atoms in total. The Labute approximate surface area is 94.1 Å². The highest BCUT2D eigenvalue weighted by Crippen LogP contribution is 2.17. The van der Waals surface area contributed by atoms with Gasteiger partial charge in [0, 0.05) is 25.8 Å². The van der Waals surface area contributed by atoms with Crippen molar-refractivity contribution in [3.05, 3.63) is 30.2 Å². The minimum atomic E-state index is 0.286. The summed E-state index contributed by atoms with van der Waals surface area (Å²) in [7, 11) is 2.12. The van der Waals surface area contributed by atoms with E-state index in [2.05, 4.69) is 27.3 Å². The molecular formula is C11H15N5. The van der Waals surface area contributed by atoms with Gasteiger partial charge in [-0.2, -0.15) is 0 Å². The molecule has 1 atom stereocenters. The maximum atomic E-state index is 4.56. The first-order valence-corrected chi connectivity index (χ1v) is 5.57. The third-order valence-corrected chi connectivity index (χ3v) is 3.07. The number of fused-ring (bicyclic) bond motifs is 1. The molecule has 3 heterocycles. The normalized spacial score (nSPS) is 22.7. The van der Waals surface area contributed by atoms with Crippen LogP contribution in [0, 0.1) is 0 Å². The molecule has 0 bridgehead atoms. The summed E-state index contributed by atoms with van der Waals surface area (Å²) >= 11 is 0. The van der Waals surface area contributed by atoms with Gasteiger partial charge in [-0.1, -0.05) is 6.07 Å². The zero-order chi connectivity index (χ0) is 11.0. The van der Waals surface area contributed by atoms with Crippen molar-refractivity contribution in [2.24, 2.45) is 0 Å². The molecule has 1 aliphatic heterocycles. The van der Waals surface area contributed by atoms with Crippen LogP contribution in [0.25, 0.3) is 5.65 Å². The third-order valence-electron chi connectivity index (χ3n) is 3.07. The van der Waals surface area contributed by atoms with Gasteiger partial charge in [0.15, 0.2) is 11.5 Å². The van der Waals surface area contributed by atoms with Gasteiger partial charge in [0.1, 0.15) is 0 Å². The number of hydrogen-bond acceptors (Lipinski definition) is 4. The minimum Gasteiger partial charge on any atom is -0.313 e. The van der Waals surface area contributed by atoms with Crippen LogP contribution in [0.5, 0.6) is 0 Å². The molecule has 16 heavy (non-hydrogen) atoms. The lowest BCUT2D eigenvalue weighted by atomic mass is 10.2. The van der Waals surface area contributed by atoms with Crippen molar-refractivity contribution >= 4 is 5.65 Å². The topological polar surface area (TPSA) is 45.5 Å². The van der Waals surface area contributed by atoms with Crippen LogP contribution >= 0.6 is 0 Å². The molecule has 0 radical (unpaired) electrons. The third kappa shape index (κ3) is 1.58. The number of likely N-dealkylation sites (N-methyl/N-ethyl adjacent to an activating group) is 1. The number of hydrogen-bond donors (Lipinski definition) is 1. The first-order chi connectivity index (χ1) is 7.84. The Morgan fingerprint density at radius 2 is 2.38 bits per heavy atom. The Morgan fingerprint density at radius 3 is 3.19 bits per heavy atom. The van der Waals surface area contributed by atoms with Gasteiger partial charge in [-0.3, -0.25) is 4.90 Å². The molecule has 2 aromatic rings. The first kappa shape index (κ1) is 9.74. The fourth-order valence-electron chi connectivity index (χ4n) is 2.08. The van der Waals surface area contributed by atoms with Crippen molar-refractivity contribution < 1.29 is 0 Å². The van der Waals surface area contributed by atoms with E-state index < -0.39 is 0 Å². The maximum absolute atomic E-state index is 4.56. The molecule has 0 aromatic carbocycles. The van der Waals surface area contributed by atoms with Crippen LogP contribution in [0.3, 0.4) is 0 Å². The van der Waals surface area contributed by atoms with Gasteiger partial charge in [-0.25, -0.2) is 9.50 Å². The Bertz CT molecular complexity index is 459. The molecule has 2 aromatic heterocycles. The van der Waals surface area contributed by atoms with E-state index >= 15 is 0 Å². The van der Waals surface area contributed by atoms with Crippen molar-refractivity contribution in [3.63, 3.8) is 0 Å². The number of rotatable bonds is 1. The second-order valence-corrected chi connectivity index (χ2v) is 4.17. The van der Waals surface area contributed by atoms with Crippen LogP contribution in [-0.2, 0) is 0 Å². The SMILES string of the molecule is CN1CCNCC1c1nc2ccccn2n1. The molecule has 1 aliphatic rings. The van der Waals surface area contributed by atoms with Gasteiger partial charge in [-0.05, 0) is 19.2 Å². The lowest BCUT2D eigenvalue weighted by molar-refractivity contribution is 0.194. The summed E-state index contributed by atoms with van der Waals surface area (Å²) in [4.78, 5) is 6.85. The van der Waals surface area contributed by atoms with Crippen LogP contribution in [0.2, 0.25) is 0 Å². The van der Waals surface area contributed by atoms with Gasteiger partial charge >= 0.3 is 0 Å². The quantitative estimate of drug-likeness (QED) is 0.746. The lowest BCUT2D eigenvalue weighted by Gasteiger charge is -2.30. The van der Waals surface area contributed by atoms with Crippen molar-refractivity contribution in [2.75, 3.05) is 26.7 Å². The Morgan fingerprint density at radius 1 is 1.44 bits per heavy atom. The summed E-state index contributed by atoms with van der Waals surface area (Å²) in [6.07, 6.45) is 1.93. The van der Waals surface area contributed by atoms with Gasteiger partial charge in [-0.15, -0.1) is 5.10 Å². The van der Waals surface area contributed by atoms with Crippen LogP contribution in [0.15, 0.2) is 24.4 Å². The van der Waals surface area contributed by atoms with Gasteiger partial charge in [0.25, 0.3) is 0 Å². The van der Waals surface area contributed by atoms with E-state index in [4.69, 9.17) is 0 Å². The van der Waals surface area contributed by atoms with E-state index in [9.17, 15) is 0 Å². The van der Waals surface area contributed by atoms with Crippen LogP contribution in [-0.4, -0.2) is 46.2 Å². The number of nitrogens with one attached hydrogen (secondary N) is 1. The monoisotopic (exact) mass is 217 g/mol. The zero-order valence-corrected chi connectivity index (χ0v) is 9.30. The highest BCUT2D eigenvalue weighted by Gasteiger charge is 2.24. The Kier molecular flexibility index (Phi) is 2.34. The fraction of sp³-hybridized carbons (Fsp3) is 0.455. The highest BCUT2D eigenvalue weighted by atomic mass is 15.3. The summed E-state index contributed by atoms with van der Waals surface area (Å²) < 4.78 is 1.83. The average Bonchev–Trinajstić information content (AvgIpc) is 2.73. The van der Waals surface area contributed by atoms with E-state index in [-0.39, 0.29) is 6.04 Å². The largest absolute Gasteiger partial charge is 0.313 e. The first-order valence-electron chi connectivity index (χ1n) is 5.57. The smallest absolute Gasteiger partial charge is 0.170 e. The van der Waals surface area contributed by atoms with Crippen molar-refractivity contribution in [1.29, 1.82) is 0 Å². The average molecular weight is 217 g/mol. The molecule has 0 aliphatic carbocycles. The highest BCUT2D eigenvalue weighted by molar-refractivity contribution is 5.36. The summed E-state index contributed by atoms with van der Waals surface area (Å²) in [5, 5.41) is 7.89. The van der Waals surface area contributed by atoms with Crippen molar-refractivity contribution in [2.45, 2.75) is 6.04 Å². The summed E-state index contributed by atoms with van der Waals surface area (Å²) in [6, 6.07) is 6.21. The number of piperazine rings is 1. The van der Waals surface area contributed by atoms with Gasteiger partial charge in [0.2, 0.25) is 0 Å². The van der Waals surface area contributed by atoms with Gasteiger partial charge < -0.3 is 5.32 Å². The second-order valence-electron chi connectivity index (χ2n) is 4.17. The summed E-state index contributed by atoms with van der Waals surface area (Å²) in [5.41, 5.74) is 0.913. The minimum absolute atomic E-state index is 0.286. The Balaban J connectivity index is 1.98. The summed E-state index contributed by atoms with van der Waals surface area (Å²) in [6.45, 7) is 3.01. The number of pyridine rings is 1. The molecule has 3 rings (SSSR count). The van der Waals surface area contributed by atoms with E-state index in [1.54, 1.807) is 0 Å². The molecule has 0 saturated carbocycles. The van der Waals surface area contributed by atoms with E-state index in [0.29, 0.717) is 0 Å².